The molecule has 3 aromatic rings. The smallest absolute Gasteiger partial charge is 0.416 e. The van der Waals surface area contributed by atoms with Gasteiger partial charge >= 0.3 is 12.2 Å². The van der Waals surface area contributed by atoms with Crippen LogP contribution in [0.25, 0.3) is 0 Å². The summed E-state index contributed by atoms with van der Waals surface area (Å²) in [4.78, 5) is 39.5. The van der Waals surface area contributed by atoms with Gasteiger partial charge in [0.2, 0.25) is 5.91 Å². The molecule has 0 saturated carbocycles. The van der Waals surface area contributed by atoms with Crippen LogP contribution in [-0.4, -0.2) is 29.9 Å². The fourth-order valence-electron chi connectivity index (χ4n) is 2.89. The van der Waals surface area contributed by atoms with Gasteiger partial charge in [-0.2, -0.15) is 13.2 Å². The van der Waals surface area contributed by atoms with E-state index in [1.54, 1.807) is 18.2 Å². The largest absolute Gasteiger partial charge is 0.457 e. The zero-order valence-corrected chi connectivity index (χ0v) is 18.8. The Morgan fingerprint density at radius 1 is 0.889 bits per heavy atom. The molecule has 1 heterocycles. The van der Waals surface area contributed by atoms with Crippen LogP contribution < -0.4 is 26.0 Å². The lowest BCUT2D eigenvalue weighted by atomic mass is 10.1. The number of hydrogen-bond acceptors (Lipinski definition) is 5. The number of hydrogen-bond donors (Lipinski definition) is 4. The number of ether oxygens (including phenoxy) is 1. The highest BCUT2D eigenvalue weighted by molar-refractivity contribution is 6.02. The van der Waals surface area contributed by atoms with Crippen molar-refractivity contribution in [2.24, 2.45) is 0 Å². The van der Waals surface area contributed by atoms with E-state index < -0.39 is 23.7 Å². The van der Waals surface area contributed by atoms with Crippen molar-refractivity contribution in [3.8, 4) is 11.5 Å². The Labute approximate surface area is 203 Å². The zero-order valence-electron chi connectivity index (χ0n) is 18.8. The first kappa shape index (κ1) is 25.7. The van der Waals surface area contributed by atoms with Crippen molar-refractivity contribution >= 4 is 34.9 Å². The summed E-state index contributed by atoms with van der Waals surface area (Å²) in [6, 6.07) is 11.0. The molecule has 4 amide bonds. The van der Waals surface area contributed by atoms with Crippen molar-refractivity contribution in [2.45, 2.75) is 6.18 Å². The van der Waals surface area contributed by atoms with Crippen LogP contribution >= 0.6 is 0 Å². The first-order valence-electron chi connectivity index (χ1n) is 10.3. The highest BCUT2D eigenvalue weighted by atomic mass is 19.4. The van der Waals surface area contributed by atoms with Gasteiger partial charge in [0.05, 0.1) is 5.56 Å². The predicted octanol–water partition coefficient (Wildman–Crippen LogP) is 5.02. The van der Waals surface area contributed by atoms with Crippen LogP contribution in [0.15, 0.2) is 73.4 Å². The van der Waals surface area contributed by atoms with E-state index in [9.17, 15) is 27.6 Å². The van der Waals surface area contributed by atoms with E-state index in [1.807, 2.05) is 0 Å². The Morgan fingerprint density at radius 2 is 1.53 bits per heavy atom. The lowest BCUT2D eigenvalue weighted by molar-refractivity contribution is -0.137. The third-order valence-electron chi connectivity index (χ3n) is 4.51. The maximum atomic E-state index is 13.2. The Hall–Kier alpha value is -4.87. The fourth-order valence-corrected chi connectivity index (χ4v) is 2.89. The molecule has 3 rings (SSSR count). The average Bonchev–Trinajstić information content (AvgIpc) is 2.84. The van der Waals surface area contributed by atoms with E-state index >= 15 is 0 Å². The van der Waals surface area contributed by atoms with Crippen LogP contribution in [-0.2, 0) is 11.0 Å². The van der Waals surface area contributed by atoms with Crippen molar-refractivity contribution in [3.05, 3.63) is 84.7 Å². The molecule has 0 aliphatic carbocycles. The molecule has 9 nitrogen and oxygen atoms in total. The van der Waals surface area contributed by atoms with Gasteiger partial charge in [-0.3, -0.25) is 14.6 Å². The minimum atomic E-state index is -4.70. The number of pyridine rings is 1. The van der Waals surface area contributed by atoms with E-state index in [0.29, 0.717) is 17.2 Å². The molecule has 0 saturated heterocycles. The summed E-state index contributed by atoms with van der Waals surface area (Å²) >= 11 is 0. The molecular weight excluding hydrogens is 479 g/mol. The summed E-state index contributed by atoms with van der Waals surface area (Å²) in [5, 5.41) is 9.49. The highest BCUT2D eigenvalue weighted by Crippen LogP contribution is 2.33. The zero-order chi connectivity index (χ0) is 26.3. The van der Waals surface area contributed by atoms with Crippen molar-refractivity contribution < 1.29 is 32.3 Å². The third kappa shape index (κ3) is 7.06. The summed E-state index contributed by atoms with van der Waals surface area (Å²) in [5.41, 5.74) is -0.912. The molecule has 4 N–H and O–H groups in total. The van der Waals surface area contributed by atoms with Gasteiger partial charge in [0, 0.05) is 36.4 Å². The van der Waals surface area contributed by atoms with Crippen molar-refractivity contribution in [3.63, 3.8) is 0 Å². The first-order valence-corrected chi connectivity index (χ1v) is 10.3. The molecule has 0 radical (unpaired) electrons. The quantitative estimate of drug-likeness (QED) is 0.340. The molecule has 0 unspecified atom stereocenters. The Morgan fingerprint density at radius 3 is 2.14 bits per heavy atom. The van der Waals surface area contributed by atoms with Crippen molar-refractivity contribution in [2.75, 3.05) is 23.0 Å². The van der Waals surface area contributed by atoms with E-state index in [2.05, 4.69) is 32.8 Å². The Kier molecular flexibility index (Phi) is 7.89. The Balaban J connectivity index is 1.68. The molecule has 12 heteroatoms. The topological polar surface area (TPSA) is 121 Å². The summed E-state index contributed by atoms with van der Waals surface area (Å²) in [6.45, 7) is 3.25. The lowest BCUT2D eigenvalue weighted by Gasteiger charge is -2.14. The maximum Gasteiger partial charge on any atom is 0.416 e. The minimum absolute atomic E-state index is 0.165. The van der Waals surface area contributed by atoms with Gasteiger partial charge < -0.3 is 26.0 Å². The Bertz CT molecular complexity index is 1290. The molecule has 0 aliphatic rings. The first-order chi connectivity index (χ1) is 17.1. The van der Waals surface area contributed by atoms with Gasteiger partial charge in [0.1, 0.15) is 17.2 Å². The monoisotopic (exact) mass is 499 g/mol. The van der Waals surface area contributed by atoms with E-state index in [4.69, 9.17) is 4.74 Å². The number of carbonyl (C=O) groups is 3. The van der Waals surface area contributed by atoms with Crippen molar-refractivity contribution in [1.82, 2.24) is 10.3 Å². The van der Waals surface area contributed by atoms with Gasteiger partial charge in [-0.25, -0.2) is 4.79 Å². The number of nitrogens with one attached hydrogen (secondary N) is 4. The number of amides is 4. The molecule has 0 bridgehead atoms. The molecule has 186 valence electrons. The number of rotatable bonds is 7. The SMILES string of the molecule is C=CC(=O)Nc1cc(NC(=O)Nc2ccc(Oc3ccnc(C(=O)NC)c3)cc2)cc(C(F)(F)F)c1. The van der Waals surface area contributed by atoms with Crippen LogP contribution in [0.5, 0.6) is 11.5 Å². The van der Waals surface area contributed by atoms with Crippen LogP contribution in [0.2, 0.25) is 0 Å². The van der Waals surface area contributed by atoms with E-state index in [1.165, 1.54) is 37.5 Å². The summed E-state index contributed by atoms with van der Waals surface area (Å²) < 4.78 is 45.4. The molecule has 0 atom stereocenters. The van der Waals surface area contributed by atoms with Gasteiger partial charge in [-0.1, -0.05) is 6.58 Å². The molecule has 2 aromatic carbocycles. The van der Waals surface area contributed by atoms with E-state index in [-0.39, 0.29) is 23.0 Å². The molecule has 0 fully saturated rings. The van der Waals surface area contributed by atoms with Crippen LogP contribution in [0.4, 0.5) is 35.0 Å². The standard InChI is InChI=1S/C24H20F3N5O4/c1-3-21(33)30-16-10-14(24(25,26)27)11-17(12-16)32-23(35)31-15-4-6-18(7-5-15)36-19-8-9-29-20(13-19)22(34)28-2/h3-13H,1H2,2H3,(H,28,34)(H,30,33)(H2,31,32,35). The number of urea groups is 1. The summed E-state index contributed by atoms with van der Waals surface area (Å²) in [5.74, 6) is -0.313. The second-order valence-corrected chi connectivity index (χ2v) is 7.15. The lowest BCUT2D eigenvalue weighted by Crippen LogP contribution is -2.20. The molecule has 0 spiro atoms. The number of halogens is 3. The van der Waals surface area contributed by atoms with Crippen LogP contribution in [0, 0.1) is 0 Å². The average molecular weight is 499 g/mol. The predicted molar refractivity (Wildman–Crippen MR) is 127 cm³/mol. The molecule has 36 heavy (non-hydrogen) atoms. The number of nitrogens with zero attached hydrogens (tertiary/aromatic N) is 1. The van der Waals surface area contributed by atoms with Gasteiger partial charge in [-0.15, -0.1) is 0 Å². The van der Waals surface area contributed by atoms with Crippen LogP contribution in [0.1, 0.15) is 16.1 Å². The van der Waals surface area contributed by atoms with Gasteiger partial charge in [-0.05, 0) is 54.6 Å². The fraction of sp³-hybridized carbons (Fsp3) is 0.0833. The minimum Gasteiger partial charge on any atom is -0.457 e. The normalized spacial score (nSPS) is 10.7. The van der Waals surface area contributed by atoms with Gasteiger partial charge in [0.15, 0.2) is 0 Å². The van der Waals surface area contributed by atoms with E-state index in [0.717, 1.165) is 18.2 Å². The summed E-state index contributed by atoms with van der Waals surface area (Å²) in [7, 11) is 1.48. The van der Waals surface area contributed by atoms with Crippen molar-refractivity contribution in [1.29, 1.82) is 0 Å². The highest BCUT2D eigenvalue weighted by Gasteiger charge is 2.31. The maximum absolute atomic E-state index is 13.2. The molecular formula is C24H20F3N5O4. The van der Waals surface area contributed by atoms with Crippen LogP contribution in [0.3, 0.4) is 0 Å². The number of benzene rings is 2. The summed E-state index contributed by atoms with van der Waals surface area (Å²) in [6.07, 6.45) is -2.38. The number of carbonyl (C=O) groups excluding carboxylic acids is 3. The number of anilines is 3. The van der Waals surface area contributed by atoms with Gasteiger partial charge in [0.25, 0.3) is 5.91 Å². The number of alkyl halides is 3. The number of aromatic nitrogens is 1. The molecule has 1 aromatic heterocycles. The second kappa shape index (κ2) is 11.0. The second-order valence-electron chi connectivity index (χ2n) is 7.15. The molecule has 0 aliphatic heterocycles. The third-order valence-corrected chi connectivity index (χ3v) is 4.51.